The largest absolute Gasteiger partial charge is 0.0843 e. The molecular weight excluding hydrogens is 228 g/mol. The van der Waals surface area contributed by atoms with E-state index in [0.29, 0.717) is 5.92 Å². The second-order valence-corrected chi connectivity index (χ2v) is 4.55. The van der Waals surface area contributed by atoms with E-state index >= 15 is 0 Å². The second kappa shape index (κ2) is 5.70. The molecule has 0 bridgehead atoms. The molecule has 0 aliphatic heterocycles. The number of benzene rings is 2. The molecule has 2 aromatic rings. The summed E-state index contributed by atoms with van der Waals surface area (Å²) in [5.41, 5.74) is 2.46. The van der Waals surface area contributed by atoms with Crippen molar-refractivity contribution >= 4 is 17.7 Å². The highest BCUT2D eigenvalue weighted by Gasteiger charge is 1.99. The Kier molecular flexibility index (Phi) is 4.00. The van der Waals surface area contributed by atoms with Gasteiger partial charge in [-0.1, -0.05) is 73.1 Å². The Morgan fingerprint density at radius 1 is 1.00 bits per heavy atom. The van der Waals surface area contributed by atoms with Gasteiger partial charge in [-0.2, -0.15) is 0 Å². The topological polar surface area (TPSA) is 0 Å². The van der Waals surface area contributed by atoms with E-state index in [2.05, 4.69) is 49.4 Å². The van der Waals surface area contributed by atoms with Crippen molar-refractivity contribution in [2.24, 2.45) is 0 Å². The molecule has 0 spiro atoms. The molecule has 0 N–H and O–H groups in total. The van der Waals surface area contributed by atoms with Crippen LogP contribution in [-0.2, 0) is 0 Å². The lowest BCUT2D eigenvalue weighted by atomic mass is 10.00. The molecule has 1 heteroatoms. The predicted molar refractivity (Wildman–Crippen MR) is 75.3 cm³/mol. The summed E-state index contributed by atoms with van der Waals surface area (Å²) in [5, 5.41) is 0.777. The van der Waals surface area contributed by atoms with Gasteiger partial charge in [0.2, 0.25) is 0 Å². The van der Waals surface area contributed by atoms with Crippen molar-refractivity contribution in [3.8, 4) is 0 Å². The van der Waals surface area contributed by atoms with Gasteiger partial charge in [0.1, 0.15) is 0 Å². The number of halogens is 1. The van der Waals surface area contributed by atoms with E-state index in [1.54, 1.807) is 0 Å². The van der Waals surface area contributed by atoms with Gasteiger partial charge in [0.15, 0.2) is 0 Å². The van der Waals surface area contributed by atoms with E-state index in [4.69, 9.17) is 11.6 Å². The van der Waals surface area contributed by atoms with Gasteiger partial charge in [-0.25, -0.2) is 0 Å². The predicted octanol–water partition coefficient (Wildman–Crippen LogP) is 5.16. The van der Waals surface area contributed by atoms with Crippen LogP contribution in [0.15, 0.2) is 60.7 Å². The molecule has 0 radical (unpaired) electrons. The Morgan fingerprint density at radius 3 is 2.47 bits per heavy atom. The van der Waals surface area contributed by atoms with Gasteiger partial charge in [-0.15, -0.1) is 0 Å². The molecular formula is C16H15Cl. The Balaban J connectivity index is 2.11. The molecule has 17 heavy (non-hydrogen) atoms. The Bertz CT molecular complexity index is 500. The summed E-state index contributed by atoms with van der Waals surface area (Å²) in [6.45, 7) is 2.19. The average Bonchev–Trinajstić information content (AvgIpc) is 2.37. The van der Waals surface area contributed by atoms with E-state index < -0.39 is 0 Å². The smallest absolute Gasteiger partial charge is 0.0411 e. The second-order valence-electron chi connectivity index (χ2n) is 4.11. The van der Waals surface area contributed by atoms with Crippen LogP contribution < -0.4 is 0 Å². The summed E-state index contributed by atoms with van der Waals surface area (Å²) in [6, 6.07) is 18.3. The van der Waals surface area contributed by atoms with Crippen LogP contribution in [0.5, 0.6) is 0 Å². The molecule has 1 unspecified atom stereocenters. The Hall–Kier alpha value is -1.53. The zero-order valence-corrected chi connectivity index (χ0v) is 10.6. The average molecular weight is 243 g/mol. The maximum Gasteiger partial charge on any atom is 0.0411 e. The van der Waals surface area contributed by atoms with Crippen molar-refractivity contribution in [3.63, 3.8) is 0 Å². The van der Waals surface area contributed by atoms with Crippen LogP contribution in [0.1, 0.15) is 24.0 Å². The van der Waals surface area contributed by atoms with Crippen LogP contribution in [-0.4, -0.2) is 0 Å². The fourth-order valence-corrected chi connectivity index (χ4v) is 1.93. The standard InChI is InChI=1S/C16H15Cl/c1-13(15-7-3-2-4-8-15)10-11-14-6-5-9-16(17)12-14/h2-13H,1H3. The van der Waals surface area contributed by atoms with Crippen LogP contribution in [0.25, 0.3) is 6.08 Å². The molecule has 0 aliphatic carbocycles. The van der Waals surface area contributed by atoms with Crippen LogP contribution in [0.3, 0.4) is 0 Å². The van der Waals surface area contributed by atoms with Crippen molar-refractivity contribution in [1.82, 2.24) is 0 Å². The third-order valence-electron chi connectivity index (χ3n) is 2.75. The first-order valence-electron chi connectivity index (χ1n) is 5.74. The van der Waals surface area contributed by atoms with Crippen LogP contribution in [0.2, 0.25) is 5.02 Å². The van der Waals surface area contributed by atoms with Crippen molar-refractivity contribution in [2.75, 3.05) is 0 Å². The van der Waals surface area contributed by atoms with Gasteiger partial charge in [0.05, 0.1) is 0 Å². The normalized spacial score (nSPS) is 12.8. The zero-order chi connectivity index (χ0) is 12.1. The summed E-state index contributed by atoms with van der Waals surface area (Å²) in [7, 11) is 0. The molecule has 2 aromatic carbocycles. The van der Waals surface area contributed by atoms with Crippen LogP contribution >= 0.6 is 11.6 Å². The van der Waals surface area contributed by atoms with Crippen LogP contribution in [0, 0.1) is 0 Å². The fourth-order valence-electron chi connectivity index (χ4n) is 1.73. The highest BCUT2D eigenvalue weighted by atomic mass is 35.5. The fraction of sp³-hybridized carbons (Fsp3) is 0.125. The molecule has 0 amide bonds. The molecule has 1 atom stereocenters. The SMILES string of the molecule is CC(C=Cc1cccc(Cl)c1)c1ccccc1. The minimum Gasteiger partial charge on any atom is -0.0843 e. The van der Waals surface area contributed by atoms with E-state index in [9.17, 15) is 0 Å². The minimum atomic E-state index is 0.412. The van der Waals surface area contributed by atoms with E-state index in [1.165, 1.54) is 5.56 Å². The lowest BCUT2D eigenvalue weighted by Crippen LogP contribution is -1.87. The first-order chi connectivity index (χ1) is 8.25. The summed E-state index contributed by atoms with van der Waals surface area (Å²) < 4.78 is 0. The summed E-state index contributed by atoms with van der Waals surface area (Å²) in [6.07, 6.45) is 4.31. The quantitative estimate of drug-likeness (QED) is 0.698. The first-order valence-corrected chi connectivity index (χ1v) is 6.12. The van der Waals surface area contributed by atoms with Crippen molar-refractivity contribution < 1.29 is 0 Å². The van der Waals surface area contributed by atoms with E-state index in [0.717, 1.165) is 10.6 Å². The summed E-state index contributed by atoms with van der Waals surface area (Å²) >= 11 is 5.94. The third-order valence-corrected chi connectivity index (χ3v) is 2.99. The molecule has 0 heterocycles. The molecule has 0 aromatic heterocycles. The maximum absolute atomic E-state index is 5.94. The summed E-state index contributed by atoms with van der Waals surface area (Å²) in [5.74, 6) is 0.412. The van der Waals surface area contributed by atoms with Crippen LogP contribution in [0.4, 0.5) is 0 Å². The maximum atomic E-state index is 5.94. The lowest BCUT2D eigenvalue weighted by Gasteiger charge is -2.05. The van der Waals surface area contributed by atoms with Crippen molar-refractivity contribution in [1.29, 1.82) is 0 Å². The van der Waals surface area contributed by atoms with Gasteiger partial charge in [0.25, 0.3) is 0 Å². The van der Waals surface area contributed by atoms with Gasteiger partial charge >= 0.3 is 0 Å². The molecule has 0 fully saturated rings. The zero-order valence-electron chi connectivity index (χ0n) is 9.81. The van der Waals surface area contributed by atoms with Gasteiger partial charge in [-0.05, 0) is 29.2 Å². The van der Waals surface area contributed by atoms with Crippen molar-refractivity contribution in [2.45, 2.75) is 12.8 Å². The van der Waals surface area contributed by atoms with Crippen molar-refractivity contribution in [3.05, 3.63) is 76.8 Å². The van der Waals surface area contributed by atoms with Gasteiger partial charge in [0, 0.05) is 5.02 Å². The monoisotopic (exact) mass is 242 g/mol. The number of allylic oxidation sites excluding steroid dienone is 1. The Morgan fingerprint density at radius 2 is 1.76 bits per heavy atom. The number of hydrogen-bond donors (Lipinski definition) is 0. The highest BCUT2D eigenvalue weighted by molar-refractivity contribution is 6.30. The Labute approximate surface area is 108 Å². The number of rotatable bonds is 3. The molecule has 0 nitrogen and oxygen atoms in total. The molecule has 0 saturated heterocycles. The molecule has 86 valence electrons. The molecule has 2 rings (SSSR count). The molecule has 0 aliphatic rings. The third kappa shape index (κ3) is 3.47. The van der Waals surface area contributed by atoms with E-state index in [1.807, 2.05) is 24.3 Å². The van der Waals surface area contributed by atoms with Gasteiger partial charge < -0.3 is 0 Å². The van der Waals surface area contributed by atoms with Gasteiger partial charge in [-0.3, -0.25) is 0 Å². The first kappa shape index (κ1) is 11.9. The minimum absolute atomic E-state index is 0.412. The lowest BCUT2D eigenvalue weighted by molar-refractivity contribution is 0.973. The molecule has 0 saturated carbocycles. The number of hydrogen-bond acceptors (Lipinski definition) is 0. The van der Waals surface area contributed by atoms with E-state index in [-0.39, 0.29) is 0 Å². The summed E-state index contributed by atoms with van der Waals surface area (Å²) in [4.78, 5) is 0. The highest BCUT2D eigenvalue weighted by Crippen LogP contribution is 2.18.